The van der Waals surface area contributed by atoms with Gasteiger partial charge in [0.1, 0.15) is 11.6 Å². The summed E-state index contributed by atoms with van der Waals surface area (Å²) in [5.74, 6) is -1.51. The van der Waals surface area contributed by atoms with E-state index in [-0.39, 0.29) is 34.2 Å². The van der Waals surface area contributed by atoms with Crippen molar-refractivity contribution in [1.82, 2.24) is 0 Å². The number of carboxylic acid groups (broad SMARTS) is 1. The number of rotatable bonds is 10. The van der Waals surface area contributed by atoms with Gasteiger partial charge in [-0.2, -0.15) is 0 Å². The number of ketones is 1. The van der Waals surface area contributed by atoms with E-state index in [4.69, 9.17) is 19.3 Å². The Morgan fingerprint density at radius 2 is 1.74 bits per heavy atom. The molecule has 0 aliphatic heterocycles. The number of halogens is 1. The Labute approximate surface area is 192 Å². The molecule has 3 aromatic carbocycles. The Morgan fingerprint density at radius 1 is 1.03 bits per heavy atom. The summed E-state index contributed by atoms with van der Waals surface area (Å²) >= 11 is 0. The Hall–Kier alpha value is -4.73. The van der Waals surface area contributed by atoms with Crippen molar-refractivity contribution >= 4 is 23.5 Å². The summed E-state index contributed by atoms with van der Waals surface area (Å²) in [5.41, 5.74) is 0.280. The number of carboxylic acids is 1. The number of carbonyl (C=O) groups excluding carboxylic acids is 1. The number of aliphatic carboxylic acids is 1. The van der Waals surface area contributed by atoms with Crippen molar-refractivity contribution in [3.63, 3.8) is 0 Å². The number of ether oxygens (including phenoxy) is 3. The minimum Gasteiger partial charge on any atom is -0.493 e. The normalized spacial score (nSPS) is 10.6. The molecule has 0 saturated heterocycles. The van der Waals surface area contributed by atoms with Crippen molar-refractivity contribution < 1.29 is 38.2 Å². The number of hydrogen-bond donors (Lipinski definition) is 1. The van der Waals surface area contributed by atoms with Gasteiger partial charge in [-0.25, -0.2) is 9.18 Å². The van der Waals surface area contributed by atoms with Gasteiger partial charge < -0.3 is 19.3 Å². The van der Waals surface area contributed by atoms with Gasteiger partial charge in [0.15, 0.2) is 23.9 Å². The summed E-state index contributed by atoms with van der Waals surface area (Å²) in [4.78, 5) is 34.1. The smallest absolute Gasteiger partial charge is 0.341 e. The molecule has 0 atom stereocenters. The van der Waals surface area contributed by atoms with Crippen LogP contribution >= 0.6 is 0 Å². The van der Waals surface area contributed by atoms with Gasteiger partial charge in [0.25, 0.3) is 0 Å². The number of nitro benzene ring substituents is 1. The molecule has 0 spiro atoms. The Balaban J connectivity index is 1.78. The Bertz CT molecular complexity index is 1250. The number of nitrogens with zero attached hydrogens (tertiary/aromatic N) is 1. The molecule has 0 unspecified atom stereocenters. The second kappa shape index (κ2) is 10.7. The lowest BCUT2D eigenvalue weighted by molar-refractivity contribution is -0.385. The number of carbonyl (C=O) groups is 2. The van der Waals surface area contributed by atoms with Gasteiger partial charge in [0, 0.05) is 11.6 Å². The molecule has 0 aromatic heterocycles. The highest BCUT2D eigenvalue weighted by Gasteiger charge is 2.17. The topological polar surface area (TPSA) is 125 Å². The summed E-state index contributed by atoms with van der Waals surface area (Å²) in [7, 11) is 1.35. The minimum atomic E-state index is -1.16. The molecule has 0 heterocycles. The first-order valence-corrected chi connectivity index (χ1v) is 9.73. The molecule has 0 aliphatic carbocycles. The lowest BCUT2D eigenvalue weighted by Gasteiger charge is -2.10. The molecule has 34 heavy (non-hydrogen) atoms. The molecule has 174 valence electrons. The number of benzene rings is 3. The quantitative estimate of drug-likeness (QED) is 0.193. The van der Waals surface area contributed by atoms with E-state index in [1.807, 2.05) is 0 Å². The first kappa shape index (κ1) is 23.9. The van der Waals surface area contributed by atoms with Crippen LogP contribution in [0.5, 0.6) is 23.0 Å². The molecule has 3 aromatic rings. The van der Waals surface area contributed by atoms with Crippen LogP contribution in [0.3, 0.4) is 0 Å². The third-order valence-electron chi connectivity index (χ3n) is 4.45. The molecule has 9 nitrogen and oxygen atoms in total. The second-order valence-corrected chi connectivity index (χ2v) is 6.79. The maximum absolute atomic E-state index is 13.1. The molecule has 0 radical (unpaired) electrons. The fourth-order valence-corrected chi connectivity index (χ4v) is 2.84. The van der Waals surface area contributed by atoms with E-state index in [1.165, 1.54) is 79.9 Å². The molecule has 0 bridgehead atoms. The predicted molar refractivity (Wildman–Crippen MR) is 119 cm³/mol. The van der Waals surface area contributed by atoms with Gasteiger partial charge in [0.05, 0.1) is 12.0 Å². The maximum atomic E-state index is 13.1. The molecule has 0 saturated carbocycles. The van der Waals surface area contributed by atoms with Crippen molar-refractivity contribution in [1.29, 1.82) is 0 Å². The van der Waals surface area contributed by atoms with Crippen LogP contribution in [0.15, 0.2) is 66.7 Å². The van der Waals surface area contributed by atoms with E-state index in [9.17, 15) is 24.1 Å². The third kappa shape index (κ3) is 6.16. The molecule has 0 aliphatic rings. The molecule has 10 heteroatoms. The van der Waals surface area contributed by atoms with E-state index >= 15 is 0 Å². The summed E-state index contributed by atoms with van der Waals surface area (Å²) < 4.78 is 28.8. The fraction of sp³-hybridized carbons (Fsp3) is 0.0833. The third-order valence-corrected chi connectivity index (χ3v) is 4.45. The molecular formula is C24H18FNO8. The van der Waals surface area contributed by atoms with Crippen LogP contribution in [-0.4, -0.2) is 35.5 Å². The molecule has 1 N–H and O–H groups in total. The lowest BCUT2D eigenvalue weighted by atomic mass is 10.1. The van der Waals surface area contributed by atoms with E-state index in [0.29, 0.717) is 5.56 Å². The van der Waals surface area contributed by atoms with Crippen molar-refractivity contribution in [3.05, 3.63) is 93.8 Å². The van der Waals surface area contributed by atoms with Crippen LogP contribution in [0.1, 0.15) is 15.9 Å². The highest BCUT2D eigenvalue weighted by molar-refractivity contribution is 6.07. The van der Waals surface area contributed by atoms with Crippen LogP contribution < -0.4 is 14.2 Å². The molecule has 3 rings (SSSR count). The number of nitro groups is 1. The molecular weight excluding hydrogens is 449 g/mol. The summed E-state index contributed by atoms with van der Waals surface area (Å²) in [6.45, 7) is -0.566. The Kier molecular flexibility index (Phi) is 7.55. The average molecular weight is 467 g/mol. The van der Waals surface area contributed by atoms with Crippen molar-refractivity contribution in [2.45, 2.75) is 0 Å². The fourth-order valence-electron chi connectivity index (χ4n) is 2.84. The predicted octanol–water partition coefficient (Wildman–Crippen LogP) is 4.89. The number of methoxy groups -OCH3 is 1. The zero-order valence-corrected chi connectivity index (χ0v) is 17.8. The van der Waals surface area contributed by atoms with Gasteiger partial charge in [-0.1, -0.05) is 12.1 Å². The number of allylic oxidation sites excluding steroid dienone is 1. The lowest BCUT2D eigenvalue weighted by Crippen LogP contribution is -2.10. The van der Waals surface area contributed by atoms with Crippen LogP contribution in [0.2, 0.25) is 0 Å². The van der Waals surface area contributed by atoms with Crippen molar-refractivity contribution in [2.75, 3.05) is 13.7 Å². The van der Waals surface area contributed by atoms with Gasteiger partial charge in [-0.05, 0) is 60.2 Å². The van der Waals surface area contributed by atoms with Crippen LogP contribution in [-0.2, 0) is 4.79 Å². The van der Waals surface area contributed by atoms with Crippen LogP contribution in [0.25, 0.3) is 6.08 Å². The summed E-state index contributed by atoms with van der Waals surface area (Å²) in [6, 6.07) is 13.4. The van der Waals surface area contributed by atoms with E-state index in [1.54, 1.807) is 0 Å². The standard InChI is InChI=1S/C24H18FNO8/c1-32-23-13-16(4-11-22(23)33-14-24(28)29)20(27)9-2-15-3-10-21(19(12-15)26(30)31)34-18-7-5-17(25)6-8-18/h2-13H,14H2,1H3,(H,28,29). The maximum Gasteiger partial charge on any atom is 0.341 e. The largest absolute Gasteiger partial charge is 0.493 e. The average Bonchev–Trinajstić information content (AvgIpc) is 2.82. The summed E-state index contributed by atoms with van der Waals surface area (Å²) in [6.07, 6.45) is 2.63. The summed E-state index contributed by atoms with van der Waals surface area (Å²) in [5, 5.41) is 20.2. The zero-order chi connectivity index (χ0) is 24.7. The van der Waals surface area contributed by atoms with E-state index in [0.717, 1.165) is 0 Å². The van der Waals surface area contributed by atoms with Gasteiger partial charge in [-0.15, -0.1) is 0 Å². The van der Waals surface area contributed by atoms with Crippen LogP contribution in [0, 0.1) is 15.9 Å². The SMILES string of the molecule is COc1cc(C(=O)C=Cc2ccc(Oc3ccc(F)cc3)c([N+](=O)[O-])c2)ccc1OCC(=O)O. The highest BCUT2D eigenvalue weighted by Crippen LogP contribution is 2.33. The van der Waals surface area contributed by atoms with Crippen molar-refractivity contribution in [2.24, 2.45) is 0 Å². The number of hydrogen-bond acceptors (Lipinski definition) is 7. The van der Waals surface area contributed by atoms with Gasteiger partial charge in [-0.3, -0.25) is 14.9 Å². The van der Waals surface area contributed by atoms with E-state index < -0.39 is 29.1 Å². The first-order valence-electron chi connectivity index (χ1n) is 9.73. The Morgan fingerprint density at radius 3 is 2.38 bits per heavy atom. The van der Waals surface area contributed by atoms with Gasteiger partial charge >= 0.3 is 11.7 Å². The second-order valence-electron chi connectivity index (χ2n) is 6.79. The monoisotopic (exact) mass is 467 g/mol. The van der Waals surface area contributed by atoms with Crippen molar-refractivity contribution in [3.8, 4) is 23.0 Å². The molecule has 0 fully saturated rings. The van der Waals surface area contributed by atoms with E-state index in [2.05, 4.69) is 0 Å². The minimum absolute atomic E-state index is 0.0400. The highest BCUT2D eigenvalue weighted by atomic mass is 19.1. The molecule has 0 amide bonds. The zero-order valence-electron chi connectivity index (χ0n) is 17.8. The van der Waals surface area contributed by atoms with Gasteiger partial charge in [0.2, 0.25) is 5.75 Å². The first-order chi connectivity index (χ1) is 16.3. The van der Waals surface area contributed by atoms with Crippen LogP contribution in [0.4, 0.5) is 10.1 Å².